The third kappa shape index (κ3) is 3.17. The van der Waals surface area contributed by atoms with Crippen molar-refractivity contribution in [3.8, 4) is 0 Å². The lowest BCUT2D eigenvalue weighted by atomic mass is 10.1. The quantitative estimate of drug-likeness (QED) is 0.674. The molecule has 0 bridgehead atoms. The van der Waals surface area contributed by atoms with E-state index in [0.717, 1.165) is 0 Å². The molecule has 20 heavy (non-hydrogen) atoms. The molecule has 1 unspecified atom stereocenters. The molecule has 108 valence electrons. The van der Waals surface area contributed by atoms with Crippen LogP contribution in [-0.2, 0) is 9.53 Å². The SMILES string of the molecule is O=C(O)CC1CN(c2cccc(Cl)c2[N+](=O)[O-])CCO1. The molecule has 1 N–H and O–H groups in total. The van der Waals surface area contributed by atoms with Gasteiger partial charge in [-0.1, -0.05) is 17.7 Å². The maximum absolute atomic E-state index is 11.1. The molecule has 1 atom stereocenters. The van der Waals surface area contributed by atoms with E-state index in [-0.39, 0.29) is 23.7 Å². The third-order valence-electron chi connectivity index (χ3n) is 3.03. The summed E-state index contributed by atoms with van der Waals surface area (Å²) in [5.41, 5.74) is 0.228. The molecule has 0 radical (unpaired) electrons. The van der Waals surface area contributed by atoms with Crippen LogP contribution in [0.3, 0.4) is 0 Å². The summed E-state index contributed by atoms with van der Waals surface area (Å²) >= 11 is 5.87. The van der Waals surface area contributed by atoms with Crippen LogP contribution in [0, 0.1) is 10.1 Å². The predicted octanol–water partition coefficient (Wildman–Crippen LogP) is 1.93. The Balaban J connectivity index is 2.25. The Morgan fingerprint density at radius 1 is 1.60 bits per heavy atom. The van der Waals surface area contributed by atoms with E-state index < -0.39 is 17.0 Å². The first-order chi connectivity index (χ1) is 9.49. The van der Waals surface area contributed by atoms with Gasteiger partial charge in [0.1, 0.15) is 10.7 Å². The molecule has 0 aliphatic carbocycles. The minimum Gasteiger partial charge on any atom is -0.481 e. The number of nitro benzene ring substituents is 1. The van der Waals surface area contributed by atoms with E-state index in [1.54, 1.807) is 17.0 Å². The van der Waals surface area contributed by atoms with Crippen LogP contribution in [0.1, 0.15) is 6.42 Å². The van der Waals surface area contributed by atoms with Gasteiger partial charge < -0.3 is 14.7 Å². The fraction of sp³-hybridized carbons (Fsp3) is 0.417. The van der Waals surface area contributed by atoms with Crippen molar-refractivity contribution < 1.29 is 19.6 Å². The van der Waals surface area contributed by atoms with Crippen molar-refractivity contribution in [2.45, 2.75) is 12.5 Å². The number of nitrogens with zero attached hydrogens (tertiary/aromatic N) is 2. The molecule has 0 spiro atoms. The first-order valence-electron chi connectivity index (χ1n) is 6.00. The molecule has 1 fully saturated rings. The number of nitro groups is 1. The maximum atomic E-state index is 11.1. The number of carboxylic acids is 1. The van der Waals surface area contributed by atoms with E-state index in [2.05, 4.69) is 0 Å². The Labute approximate surface area is 119 Å². The first kappa shape index (κ1) is 14.5. The summed E-state index contributed by atoms with van der Waals surface area (Å²) in [6.07, 6.45) is -0.620. The maximum Gasteiger partial charge on any atom is 0.310 e. The topological polar surface area (TPSA) is 92.9 Å². The van der Waals surface area contributed by atoms with Gasteiger partial charge in [-0.3, -0.25) is 14.9 Å². The summed E-state index contributed by atoms with van der Waals surface area (Å²) in [6.45, 7) is 1.06. The number of halogens is 1. The number of anilines is 1. The number of hydrogen-bond donors (Lipinski definition) is 1. The Bertz CT molecular complexity index is 537. The summed E-state index contributed by atoms with van der Waals surface area (Å²) in [7, 11) is 0. The zero-order valence-corrected chi connectivity index (χ0v) is 11.2. The summed E-state index contributed by atoms with van der Waals surface area (Å²) in [6, 6.07) is 4.69. The highest BCUT2D eigenvalue weighted by Gasteiger charge is 2.28. The number of aliphatic carboxylic acids is 1. The number of morpholine rings is 1. The second-order valence-electron chi connectivity index (χ2n) is 4.40. The van der Waals surface area contributed by atoms with Crippen LogP contribution in [0.4, 0.5) is 11.4 Å². The van der Waals surface area contributed by atoms with Crippen LogP contribution in [0.5, 0.6) is 0 Å². The molecule has 1 aliphatic rings. The van der Waals surface area contributed by atoms with Crippen molar-refractivity contribution in [2.75, 3.05) is 24.6 Å². The van der Waals surface area contributed by atoms with Gasteiger partial charge in [-0.05, 0) is 12.1 Å². The molecule has 1 aromatic rings. The van der Waals surface area contributed by atoms with E-state index in [9.17, 15) is 14.9 Å². The molecule has 1 saturated heterocycles. The van der Waals surface area contributed by atoms with Crippen molar-refractivity contribution in [1.29, 1.82) is 0 Å². The molecule has 8 heteroatoms. The highest BCUT2D eigenvalue weighted by Crippen LogP contribution is 2.35. The molecule has 1 aliphatic heterocycles. The lowest BCUT2D eigenvalue weighted by Gasteiger charge is -2.33. The number of para-hydroxylation sites is 1. The molecular weight excluding hydrogens is 288 g/mol. The fourth-order valence-electron chi connectivity index (χ4n) is 2.20. The van der Waals surface area contributed by atoms with Crippen LogP contribution in [0.25, 0.3) is 0 Å². The minimum atomic E-state index is -0.961. The molecule has 1 aromatic carbocycles. The number of benzene rings is 1. The Morgan fingerprint density at radius 3 is 3.00 bits per heavy atom. The number of carbonyl (C=O) groups is 1. The van der Waals surface area contributed by atoms with Gasteiger partial charge in [0, 0.05) is 13.1 Å². The number of hydrogen-bond acceptors (Lipinski definition) is 5. The first-order valence-corrected chi connectivity index (χ1v) is 6.38. The molecular formula is C12H13ClN2O5. The zero-order chi connectivity index (χ0) is 14.7. The molecule has 7 nitrogen and oxygen atoms in total. The summed E-state index contributed by atoms with van der Waals surface area (Å²) in [4.78, 5) is 23.0. The van der Waals surface area contributed by atoms with Crippen molar-refractivity contribution in [3.05, 3.63) is 33.3 Å². The van der Waals surface area contributed by atoms with Crippen LogP contribution in [0.2, 0.25) is 5.02 Å². The van der Waals surface area contributed by atoms with E-state index in [0.29, 0.717) is 18.8 Å². The van der Waals surface area contributed by atoms with Gasteiger partial charge in [-0.25, -0.2) is 0 Å². The second-order valence-corrected chi connectivity index (χ2v) is 4.81. The lowest BCUT2D eigenvalue weighted by Crippen LogP contribution is -2.43. The van der Waals surface area contributed by atoms with Gasteiger partial charge >= 0.3 is 11.7 Å². The van der Waals surface area contributed by atoms with Crippen LogP contribution in [0.15, 0.2) is 18.2 Å². The third-order valence-corrected chi connectivity index (χ3v) is 3.33. The number of ether oxygens (including phenoxy) is 1. The molecule has 2 rings (SSSR count). The van der Waals surface area contributed by atoms with Gasteiger partial charge in [0.15, 0.2) is 0 Å². The van der Waals surface area contributed by atoms with Gasteiger partial charge in [0.2, 0.25) is 0 Å². The molecule has 0 amide bonds. The highest BCUT2D eigenvalue weighted by atomic mass is 35.5. The van der Waals surface area contributed by atoms with Crippen molar-refractivity contribution >= 4 is 28.9 Å². The van der Waals surface area contributed by atoms with E-state index in [1.165, 1.54) is 6.07 Å². The smallest absolute Gasteiger partial charge is 0.310 e. The summed E-state index contributed by atoms with van der Waals surface area (Å²) in [5, 5.41) is 20.0. The Hall–Kier alpha value is -1.86. The molecule has 0 saturated carbocycles. The predicted molar refractivity (Wildman–Crippen MR) is 72.3 cm³/mol. The van der Waals surface area contributed by atoms with Gasteiger partial charge in [-0.2, -0.15) is 0 Å². The average Bonchev–Trinajstić information content (AvgIpc) is 2.37. The number of carboxylic acid groups (broad SMARTS) is 1. The van der Waals surface area contributed by atoms with Crippen molar-refractivity contribution in [1.82, 2.24) is 0 Å². The zero-order valence-electron chi connectivity index (χ0n) is 10.5. The van der Waals surface area contributed by atoms with Crippen LogP contribution in [-0.4, -0.2) is 41.8 Å². The summed E-state index contributed by atoms with van der Waals surface area (Å²) in [5.74, 6) is -0.961. The largest absolute Gasteiger partial charge is 0.481 e. The Morgan fingerprint density at radius 2 is 2.35 bits per heavy atom. The average molecular weight is 301 g/mol. The van der Waals surface area contributed by atoms with Crippen LogP contribution >= 0.6 is 11.6 Å². The Kier molecular flexibility index (Phi) is 4.41. The second kappa shape index (κ2) is 6.06. The lowest BCUT2D eigenvalue weighted by molar-refractivity contribution is -0.384. The van der Waals surface area contributed by atoms with Crippen molar-refractivity contribution in [3.63, 3.8) is 0 Å². The van der Waals surface area contributed by atoms with Gasteiger partial charge in [0.05, 0.1) is 24.1 Å². The fourth-order valence-corrected chi connectivity index (χ4v) is 2.43. The monoisotopic (exact) mass is 300 g/mol. The van der Waals surface area contributed by atoms with Crippen LogP contribution < -0.4 is 4.90 Å². The molecule has 1 heterocycles. The van der Waals surface area contributed by atoms with Crippen molar-refractivity contribution in [2.24, 2.45) is 0 Å². The minimum absolute atomic E-state index is 0.0637. The van der Waals surface area contributed by atoms with E-state index >= 15 is 0 Å². The van der Waals surface area contributed by atoms with E-state index in [1.807, 2.05) is 0 Å². The van der Waals surface area contributed by atoms with Gasteiger partial charge in [-0.15, -0.1) is 0 Å². The standard InChI is InChI=1S/C12H13ClN2O5/c13-9-2-1-3-10(12(9)15(18)19)14-4-5-20-8(7-14)6-11(16)17/h1-3,8H,4-7H2,(H,16,17). The van der Waals surface area contributed by atoms with Gasteiger partial charge in [0.25, 0.3) is 0 Å². The molecule has 0 aromatic heterocycles. The normalized spacial score (nSPS) is 18.9. The number of rotatable bonds is 4. The highest BCUT2D eigenvalue weighted by molar-refractivity contribution is 6.33. The summed E-state index contributed by atoms with van der Waals surface area (Å²) < 4.78 is 5.35. The van der Waals surface area contributed by atoms with E-state index in [4.69, 9.17) is 21.4 Å².